The molecule has 0 spiro atoms. The molecular weight excluding hydrogens is 180 g/mol. The molecule has 2 rings (SSSR count). The lowest BCUT2D eigenvalue weighted by molar-refractivity contribution is 0.0526. The smallest absolute Gasteiger partial charge is 0.227 e. The topological polar surface area (TPSA) is 64.3 Å². The Morgan fingerprint density at radius 2 is 2.50 bits per heavy atom. The molecule has 14 heavy (non-hydrogen) atoms. The number of rotatable bonds is 1. The summed E-state index contributed by atoms with van der Waals surface area (Å²) in [7, 11) is 0. The molecule has 1 saturated heterocycles. The first-order chi connectivity index (χ1) is 6.75. The predicted molar refractivity (Wildman–Crippen MR) is 54.1 cm³/mol. The number of hydrogen-bond donors (Lipinski definition) is 1. The highest BCUT2D eigenvalue weighted by atomic mass is 16.5. The van der Waals surface area contributed by atoms with Crippen LogP contribution >= 0.6 is 0 Å². The van der Waals surface area contributed by atoms with Crippen LogP contribution in [0.5, 0.6) is 0 Å². The van der Waals surface area contributed by atoms with Crippen LogP contribution in [0.15, 0.2) is 12.3 Å². The van der Waals surface area contributed by atoms with E-state index in [1.807, 2.05) is 6.92 Å². The van der Waals surface area contributed by atoms with Crippen molar-refractivity contribution >= 4 is 11.8 Å². The molecule has 1 atom stereocenters. The third-order valence-corrected chi connectivity index (χ3v) is 2.19. The third-order valence-electron chi connectivity index (χ3n) is 2.19. The van der Waals surface area contributed by atoms with Crippen LogP contribution in [0, 0.1) is 0 Å². The second kappa shape index (κ2) is 3.79. The minimum Gasteiger partial charge on any atom is -0.384 e. The van der Waals surface area contributed by atoms with Crippen molar-refractivity contribution in [3.05, 3.63) is 12.3 Å². The molecule has 0 radical (unpaired) electrons. The van der Waals surface area contributed by atoms with Gasteiger partial charge >= 0.3 is 0 Å². The van der Waals surface area contributed by atoms with Crippen LogP contribution in [0.4, 0.5) is 11.8 Å². The molecule has 0 amide bonds. The van der Waals surface area contributed by atoms with E-state index >= 15 is 0 Å². The number of nitrogens with zero attached hydrogens (tertiary/aromatic N) is 3. The van der Waals surface area contributed by atoms with Crippen LogP contribution in [0.1, 0.15) is 6.92 Å². The fourth-order valence-electron chi connectivity index (χ4n) is 1.51. The van der Waals surface area contributed by atoms with Gasteiger partial charge in [-0.3, -0.25) is 0 Å². The summed E-state index contributed by atoms with van der Waals surface area (Å²) in [6.45, 7) is 4.41. The van der Waals surface area contributed by atoms with E-state index in [-0.39, 0.29) is 6.10 Å². The number of nitrogen functional groups attached to an aromatic ring is 1. The second-order valence-corrected chi connectivity index (χ2v) is 3.41. The van der Waals surface area contributed by atoms with Gasteiger partial charge in [0.1, 0.15) is 5.82 Å². The Morgan fingerprint density at radius 1 is 1.64 bits per heavy atom. The maximum Gasteiger partial charge on any atom is 0.227 e. The fourth-order valence-corrected chi connectivity index (χ4v) is 1.51. The summed E-state index contributed by atoms with van der Waals surface area (Å²) in [5.41, 5.74) is 5.59. The summed E-state index contributed by atoms with van der Waals surface area (Å²) >= 11 is 0. The Labute approximate surface area is 82.9 Å². The van der Waals surface area contributed by atoms with Crippen molar-refractivity contribution in [2.24, 2.45) is 0 Å². The van der Waals surface area contributed by atoms with Crippen LogP contribution in [0.3, 0.4) is 0 Å². The Morgan fingerprint density at radius 3 is 3.21 bits per heavy atom. The van der Waals surface area contributed by atoms with E-state index in [9.17, 15) is 0 Å². The molecule has 76 valence electrons. The van der Waals surface area contributed by atoms with E-state index < -0.39 is 0 Å². The van der Waals surface area contributed by atoms with Gasteiger partial charge in [0.2, 0.25) is 5.95 Å². The van der Waals surface area contributed by atoms with Gasteiger partial charge in [0.05, 0.1) is 12.7 Å². The van der Waals surface area contributed by atoms with E-state index in [1.54, 1.807) is 12.3 Å². The SMILES string of the molecule is C[C@@H]1CN(c2nccc(N)n2)CCO1. The van der Waals surface area contributed by atoms with Gasteiger partial charge in [0, 0.05) is 19.3 Å². The molecule has 5 heteroatoms. The lowest BCUT2D eigenvalue weighted by atomic mass is 10.3. The monoisotopic (exact) mass is 194 g/mol. The number of nitrogens with two attached hydrogens (primary N) is 1. The van der Waals surface area contributed by atoms with E-state index in [4.69, 9.17) is 10.5 Å². The zero-order chi connectivity index (χ0) is 9.97. The molecule has 1 fully saturated rings. The Hall–Kier alpha value is -1.36. The van der Waals surface area contributed by atoms with Gasteiger partial charge in [0.15, 0.2) is 0 Å². The van der Waals surface area contributed by atoms with Gasteiger partial charge in [0.25, 0.3) is 0 Å². The summed E-state index contributed by atoms with van der Waals surface area (Å²) in [5.74, 6) is 1.20. The molecule has 0 aliphatic carbocycles. The van der Waals surface area contributed by atoms with Crippen molar-refractivity contribution in [2.45, 2.75) is 13.0 Å². The number of hydrogen-bond acceptors (Lipinski definition) is 5. The lowest BCUT2D eigenvalue weighted by Gasteiger charge is -2.31. The Kier molecular flexibility index (Phi) is 2.49. The van der Waals surface area contributed by atoms with Crippen molar-refractivity contribution in [1.82, 2.24) is 9.97 Å². The van der Waals surface area contributed by atoms with Gasteiger partial charge in [-0.2, -0.15) is 4.98 Å². The van der Waals surface area contributed by atoms with Crippen LogP contribution in [0.25, 0.3) is 0 Å². The standard InChI is InChI=1S/C9H14N4O/c1-7-6-13(4-5-14-7)9-11-3-2-8(10)12-9/h2-3,7H,4-6H2,1H3,(H2,10,11,12)/t7-/m1/s1. The summed E-state index contributed by atoms with van der Waals surface area (Å²) < 4.78 is 5.43. The molecular formula is C9H14N4O. The minimum absolute atomic E-state index is 0.230. The van der Waals surface area contributed by atoms with Crippen LogP contribution < -0.4 is 10.6 Å². The van der Waals surface area contributed by atoms with E-state index in [0.29, 0.717) is 11.8 Å². The molecule has 0 unspecified atom stereocenters. The van der Waals surface area contributed by atoms with Gasteiger partial charge in [-0.25, -0.2) is 4.98 Å². The fraction of sp³-hybridized carbons (Fsp3) is 0.556. The highest BCUT2D eigenvalue weighted by Crippen LogP contribution is 2.12. The van der Waals surface area contributed by atoms with Crippen molar-refractivity contribution in [2.75, 3.05) is 30.3 Å². The van der Waals surface area contributed by atoms with Gasteiger partial charge in [-0.1, -0.05) is 0 Å². The van der Waals surface area contributed by atoms with Crippen molar-refractivity contribution in [1.29, 1.82) is 0 Å². The Balaban J connectivity index is 2.14. The second-order valence-electron chi connectivity index (χ2n) is 3.41. The quantitative estimate of drug-likeness (QED) is 0.695. The van der Waals surface area contributed by atoms with Crippen LogP contribution in [0.2, 0.25) is 0 Å². The summed E-state index contributed by atoms with van der Waals surface area (Å²) in [6, 6.07) is 1.69. The van der Waals surface area contributed by atoms with Crippen molar-refractivity contribution < 1.29 is 4.74 Å². The van der Waals surface area contributed by atoms with Crippen LogP contribution in [-0.4, -0.2) is 35.8 Å². The number of anilines is 2. The first-order valence-electron chi connectivity index (χ1n) is 4.71. The number of morpholine rings is 1. The highest BCUT2D eigenvalue weighted by Gasteiger charge is 2.18. The number of ether oxygens (including phenoxy) is 1. The van der Waals surface area contributed by atoms with Gasteiger partial charge in [-0.15, -0.1) is 0 Å². The average Bonchev–Trinajstić information content (AvgIpc) is 2.18. The lowest BCUT2D eigenvalue weighted by Crippen LogP contribution is -2.42. The molecule has 1 aliphatic rings. The molecule has 5 nitrogen and oxygen atoms in total. The molecule has 1 aromatic rings. The third kappa shape index (κ3) is 1.93. The molecule has 2 heterocycles. The predicted octanol–water partition coefficient (Wildman–Crippen LogP) is 0.284. The normalized spacial score (nSPS) is 22.4. The largest absolute Gasteiger partial charge is 0.384 e. The zero-order valence-electron chi connectivity index (χ0n) is 8.18. The summed E-state index contributed by atoms with van der Waals surface area (Å²) in [6.07, 6.45) is 1.91. The minimum atomic E-state index is 0.230. The zero-order valence-corrected chi connectivity index (χ0v) is 8.18. The summed E-state index contributed by atoms with van der Waals surface area (Å²) in [4.78, 5) is 10.4. The van der Waals surface area contributed by atoms with Crippen molar-refractivity contribution in [3.8, 4) is 0 Å². The van der Waals surface area contributed by atoms with E-state index in [2.05, 4.69) is 14.9 Å². The molecule has 0 aromatic carbocycles. The first-order valence-corrected chi connectivity index (χ1v) is 4.71. The number of aromatic nitrogens is 2. The van der Waals surface area contributed by atoms with Crippen molar-refractivity contribution in [3.63, 3.8) is 0 Å². The van der Waals surface area contributed by atoms with Gasteiger partial charge < -0.3 is 15.4 Å². The molecule has 2 N–H and O–H groups in total. The molecule has 1 aliphatic heterocycles. The molecule has 0 bridgehead atoms. The molecule has 1 aromatic heterocycles. The Bertz CT molecular complexity index is 317. The van der Waals surface area contributed by atoms with E-state index in [0.717, 1.165) is 19.7 Å². The van der Waals surface area contributed by atoms with Crippen LogP contribution in [-0.2, 0) is 4.74 Å². The van der Waals surface area contributed by atoms with E-state index in [1.165, 1.54) is 0 Å². The maximum absolute atomic E-state index is 5.59. The maximum atomic E-state index is 5.59. The average molecular weight is 194 g/mol. The first kappa shape index (κ1) is 9.21. The highest BCUT2D eigenvalue weighted by molar-refractivity contribution is 5.38. The molecule has 0 saturated carbocycles. The van der Waals surface area contributed by atoms with Gasteiger partial charge in [-0.05, 0) is 13.0 Å². The summed E-state index contributed by atoms with van der Waals surface area (Å²) in [5, 5.41) is 0.